The van der Waals surface area contributed by atoms with E-state index in [2.05, 4.69) is 47.3 Å². The van der Waals surface area contributed by atoms with Crippen LogP contribution in [-0.2, 0) is 15.0 Å². The van der Waals surface area contributed by atoms with E-state index in [0.717, 1.165) is 48.4 Å². The second kappa shape index (κ2) is 9.67. The molecule has 1 aliphatic carbocycles. The number of nitrogens with zero attached hydrogens (tertiary/aromatic N) is 2. The van der Waals surface area contributed by atoms with Crippen molar-refractivity contribution in [3.8, 4) is 0 Å². The third-order valence-corrected chi connectivity index (χ3v) is 6.93. The van der Waals surface area contributed by atoms with Crippen molar-refractivity contribution in [3.05, 3.63) is 72.0 Å². The van der Waals surface area contributed by atoms with Gasteiger partial charge in [-0.25, -0.2) is 0 Å². The number of morpholine rings is 1. The highest BCUT2D eigenvalue weighted by Gasteiger charge is 2.45. The first kappa shape index (κ1) is 22.1. The molecule has 1 saturated heterocycles. The second-order valence-corrected chi connectivity index (χ2v) is 9.52. The number of aliphatic hydroxyl groups is 1. The fraction of sp³-hybridized carbons (Fsp3) is 0.444. The highest BCUT2D eigenvalue weighted by molar-refractivity contribution is 6.03. The molecule has 0 spiro atoms. The van der Waals surface area contributed by atoms with Crippen LogP contribution in [0.15, 0.2) is 70.2 Å². The summed E-state index contributed by atoms with van der Waals surface area (Å²) >= 11 is 0. The number of β-amino-alcohol motifs (C(OH)–C–C–N with tert-alkyl or cyclic N) is 1. The zero-order valence-corrected chi connectivity index (χ0v) is 19.2. The molecule has 0 bridgehead atoms. The highest BCUT2D eigenvalue weighted by Crippen LogP contribution is 2.49. The fourth-order valence-corrected chi connectivity index (χ4v) is 5.05. The standard InChI is InChI=1S/C27H32N2O4/c1-27(22-8-3-2-4-9-22)16-21(17-27)26(25-15-20-7-5-6-10-24(20)33-25)28-32-19-23(30)18-29-11-13-31-14-12-29/h2-10,15,21,23,30H,11-14,16-19H2,1H3/b28-26+. The molecule has 1 aromatic heterocycles. The molecule has 6 heteroatoms. The highest BCUT2D eigenvalue weighted by atomic mass is 16.6. The van der Waals surface area contributed by atoms with Crippen LogP contribution in [0.2, 0.25) is 0 Å². The molecule has 3 aromatic rings. The van der Waals surface area contributed by atoms with E-state index in [0.29, 0.717) is 19.8 Å². The predicted octanol–water partition coefficient (Wildman–Crippen LogP) is 4.21. The Morgan fingerprint density at radius 2 is 1.85 bits per heavy atom. The maximum atomic E-state index is 10.4. The van der Waals surface area contributed by atoms with Gasteiger partial charge in [-0.2, -0.15) is 0 Å². The Bertz CT molecular complexity index is 1050. The number of para-hydroxylation sites is 1. The maximum absolute atomic E-state index is 10.4. The monoisotopic (exact) mass is 448 g/mol. The molecule has 2 aliphatic rings. The summed E-state index contributed by atoms with van der Waals surface area (Å²) in [5.41, 5.74) is 3.15. The van der Waals surface area contributed by atoms with Gasteiger partial charge in [0, 0.05) is 30.9 Å². The molecule has 0 amide bonds. The average Bonchev–Trinajstić information content (AvgIpc) is 3.25. The Morgan fingerprint density at radius 1 is 1.12 bits per heavy atom. The van der Waals surface area contributed by atoms with Crippen LogP contribution in [0.1, 0.15) is 31.1 Å². The van der Waals surface area contributed by atoms with Gasteiger partial charge in [0.25, 0.3) is 0 Å². The zero-order chi connectivity index (χ0) is 22.7. The van der Waals surface area contributed by atoms with E-state index in [1.54, 1.807) is 0 Å². The Morgan fingerprint density at radius 3 is 2.61 bits per heavy atom. The SMILES string of the molecule is CC1(c2ccccc2)CC(/C(=N\OCC(O)CN2CCOCC2)c2cc3ccccc3o2)C1. The number of ether oxygens (including phenoxy) is 1. The Balaban J connectivity index is 1.30. The van der Waals surface area contributed by atoms with E-state index >= 15 is 0 Å². The number of furan rings is 1. The number of hydrogen-bond acceptors (Lipinski definition) is 6. The Kier molecular flexibility index (Phi) is 6.49. The summed E-state index contributed by atoms with van der Waals surface area (Å²) in [5.74, 6) is 0.992. The molecule has 2 fully saturated rings. The number of oxime groups is 1. The largest absolute Gasteiger partial charge is 0.455 e. The van der Waals surface area contributed by atoms with Crippen LogP contribution < -0.4 is 0 Å². The van der Waals surface area contributed by atoms with Crippen molar-refractivity contribution in [3.63, 3.8) is 0 Å². The van der Waals surface area contributed by atoms with E-state index in [-0.39, 0.29) is 17.9 Å². The van der Waals surface area contributed by atoms with Gasteiger partial charge in [0.05, 0.1) is 13.2 Å². The summed E-state index contributed by atoms with van der Waals surface area (Å²) in [4.78, 5) is 7.89. The lowest BCUT2D eigenvalue weighted by atomic mass is 9.58. The lowest BCUT2D eigenvalue weighted by molar-refractivity contribution is -0.0136. The van der Waals surface area contributed by atoms with E-state index in [9.17, 15) is 5.11 Å². The topological polar surface area (TPSA) is 67.4 Å². The van der Waals surface area contributed by atoms with Crippen LogP contribution in [0.4, 0.5) is 0 Å². The van der Waals surface area contributed by atoms with E-state index < -0.39 is 6.10 Å². The van der Waals surface area contributed by atoms with Gasteiger partial charge in [-0.3, -0.25) is 4.90 Å². The van der Waals surface area contributed by atoms with Crippen LogP contribution >= 0.6 is 0 Å². The van der Waals surface area contributed by atoms with Gasteiger partial charge in [-0.15, -0.1) is 0 Å². The smallest absolute Gasteiger partial charge is 0.153 e. The number of aliphatic hydroxyl groups excluding tert-OH is 1. The first-order chi connectivity index (χ1) is 16.1. The van der Waals surface area contributed by atoms with Gasteiger partial charge in [0.15, 0.2) is 5.76 Å². The first-order valence-corrected chi connectivity index (χ1v) is 11.8. The van der Waals surface area contributed by atoms with Gasteiger partial charge < -0.3 is 19.1 Å². The molecule has 6 nitrogen and oxygen atoms in total. The minimum absolute atomic E-state index is 0.120. The average molecular weight is 449 g/mol. The number of rotatable bonds is 8. The molecule has 1 unspecified atom stereocenters. The Hall–Kier alpha value is -2.67. The first-order valence-electron chi connectivity index (χ1n) is 11.8. The quantitative estimate of drug-likeness (QED) is 0.413. The van der Waals surface area contributed by atoms with Crippen molar-refractivity contribution in [2.24, 2.45) is 11.1 Å². The van der Waals surface area contributed by atoms with Gasteiger partial charge in [-0.1, -0.05) is 60.6 Å². The summed E-state index contributed by atoms with van der Waals surface area (Å²) < 4.78 is 11.5. The molecule has 2 aromatic carbocycles. The van der Waals surface area contributed by atoms with Gasteiger partial charge >= 0.3 is 0 Å². The van der Waals surface area contributed by atoms with Crippen LogP contribution in [0.25, 0.3) is 11.0 Å². The van der Waals surface area contributed by atoms with E-state index in [1.165, 1.54) is 5.56 Å². The number of fused-ring (bicyclic) bond motifs is 1. The zero-order valence-electron chi connectivity index (χ0n) is 19.2. The van der Waals surface area contributed by atoms with Crippen LogP contribution in [-0.4, -0.2) is 61.3 Å². The predicted molar refractivity (Wildman–Crippen MR) is 128 cm³/mol. The van der Waals surface area contributed by atoms with E-state index in [4.69, 9.17) is 14.0 Å². The van der Waals surface area contributed by atoms with Crippen molar-refractivity contribution in [1.82, 2.24) is 4.90 Å². The van der Waals surface area contributed by atoms with Gasteiger partial charge in [0.2, 0.25) is 0 Å². The molecule has 5 rings (SSSR count). The van der Waals surface area contributed by atoms with Crippen LogP contribution in [0.5, 0.6) is 0 Å². The van der Waals surface area contributed by atoms with Crippen molar-refractivity contribution < 1.29 is 19.1 Å². The molecular weight excluding hydrogens is 416 g/mol. The van der Waals surface area contributed by atoms with E-state index in [1.807, 2.05) is 30.3 Å². The molecule has 1 aliphatic heterocycles. The van der Waals surface area contributed by atoms with Crippen molar-refractivity contribution in [1.29, 1.82) is 0 Å². The molecule has 2 heterocycles. The second-order valence-electron chi connectivity index (χ2n) is 9.52. The number of hydrogen-bond donors (Lipinski definition) is 1. The molecular formula is C27H32N2O4. The summed E-state index contributed by atoms with van der Waals surface area (Å²) in [6, 6.07) is 20.7. The van der Waals surface area contributed by atoms with Crippen molar-refractivity contribution in [2.75, 3.05) is 39.5 Å². The third kappa shape index (κ3) is 4.98. The fourth-order valence-electron chi connectivity index (χ4n) is 5.05. The number of benzene rings is 2. The summed E-state index contributed by atoms with van der Waals surface area (Å²) in [6.45, 7) is 6.13. The molecule has 33 heavy (non-hydrogen) atoms. The van der Waals surface area contributed by atoms with Crippen LogP contribution in [0, 0.1) is 5.92 Å². The van der Waals surface area contributed by atoms with Gasteiger partial charge in [0.1, 0.15) is 24.0 Å². The lowest BCUT2D eigenvalue weighted by Crippen LogP contribution is -2.43. The van der Waals surface area contributed by atoms with Gasteiger partial charge in [-0.05, 0) is 36.0 Å². The summed E-state index contributed by atoms with van der Waals surface area (Å²) in [5, 5.41) is 16.0. The minimum atomic E-state index is -0.597. The summed E-state index contributed by atoms with van der Waals surface area (Å²) in [6.07, 6.45) is 1.36. The maximum Gasteiger partial charge on any atom is 0.153 e. The molecule has 174 valence electrons. The third-order valence-electron chi connectivity index (χ3n) is 6.93. The normalized spacial score (nSPS) is 25.0. The Labute approximate surface area is 194 Å². The molecule has 1 saturated carbocycles. The van der Waals surface area contributed by atoms with Crippen molar-refractivity contribution >= 4 is 16.7 Å². The van der Waals surface area contributed by atoms with Crippen molar-refractivity contribution in [2.45, 2.75) is 31.3 Å². The molecule has 1 atom stereocenters. The summed E-state index contributed by atoms with van der Waals surface area (Å²) in [7, 11) is 0. The van der Waals surface area contributed by atoms with Crippen LogP contribution in [0.3, 0.4) is 0 Å². The lowest BCUT2D eigenvalue weighted by Gasteiger charge is -2.45. The molecule has 0 radical (unpaired) electrons. The minimum Gasteiger partial charge on any atom is -0.455 e. The molecule has 1 N–H and O–H groups in total.